The Hall–Kier alpha value is -1.35. The van der Waals surface area contributed by atoms with Gasteiger partial charge in [0, 0.05) is 5.39 Å². The molecule has 0 aliphatic carbocycles. The summed E-state index contributed by atoms with van der Waals surface area (Å²) in [5.41, 5.74) is 0.287. The third-order valence-corrected chi connectivity index (χ3v) is 3.81. The SMILES string of the molecule is CCC1(c2cc3cccc(F)c3o2)CCCN1. The Morgan fingerprint density at radius 3 is 3.00 bits per heavy atom. The molecule has 0 saturated carbocycles. The third kappa shape index (κ3) is 1.57. The van der Waals surface area contributed by atoms with Gasteiger partial charge in [0.2, 0.25) is 0 Å². The van der Waals surface area contributed by atoms with E-state index in [9.17, 15) is 4.39 Å². The minimum Gasteiger partial charge on any atom is -0.456 e. The van der Waals surface area contributed by atoms with E-state index in [1.807, 2.05) is 12.1 Å². The fourth-order valence-electron chi connectivity index (χ4n) is 2.76. The molecular formula is C14H16FNO. The van der Waals surface area contributed by atoms with Gasteiger partial charge >= 0.3 is 0 Å². The summed E-state index contributed by atoms with van der Waals surface area (Å²) in [6, 6.07) is 7.03. The highest BCUT2D eigenvalue weighted by Gasteiger charge is 2.36. The smallest absolute Gasteiger partial charge is 0.169 e. The van der Waals surface area contributed by atoms with E-state index in [-0.39, 0.29) is 11.4 Å². The Morgan fingerprint density at radius 2 is 2.35 bits per heavy atom. The average molecular weight is 233 g/mol. The van der Waals surface area contributed by atoms with Gasteiger partial charge in [-0.2, -0.15) is 0 Å². The van der Waals surface area contributed by atoms with Crippen molar-refractivity contribution >= 4 is 11.0 Å². The maximum Gasteiger partial charge on any atom is 0.169 e. The second-order valence-corrected chi connectivity index (χ2v) is 4.73. The van der Waals surface area contributed by atoms with Crippen LogP contribution in [0.15, 0.2) is 28.7 Å². The molecular weight excluding hydrogens is 217 g/mol. The third-order valence-electron chi connectivity index (χ3n) is 3.81. The van der Waals surface area contributed by atoms with Crippen LogP contribution in [0.5, 0.6) is 0 Å². The number of halogens is 1. The summed E-state index contributed by atoms with van der Waals surface area (Å²) in [4.78, 5) is 0. The highest BCUT2D eigenvalue weighted by molar-refractivity contribution is 5.78. The molecule has 2 heterocycles. The zero-order valence-electron chi connectivity index (χ0n) is 9.92. The summed E-state index contributed by atoms with van der Waals surface area (Å²) >= 11 is 0. The van der Waals surface area contributed by atoms with Gasteiger partial charge in [0.05, 0.1) is 5.54 Å². The molecule has 1 N–H and O–H groups in total. The van der Waals surface area contributed by atoms with Gasteiger partial charge in [0.1, 0.15) is 5.76 Å². The second kappa shape index (κ2) is 3.84. The average Bonchev–Trinajstić information content (AvgIpc) is 2.96. The summed E-state index contributed by atoms with van der Waals surface area (Å²) in [7, 11) is 0. The van der Waals surface area contributed by atoms with E-state index in [1.54, 1.807) is 6.07 Å². The molecule has 1 fully saturated rings. The molecule has 3 heteroatoms. The van der Waals surface area contributed by atoms with Crippen molar-refractivity contribution in [3.63, 3.8) is 0 Å². The van der Waals surface area contributed by atoms with Crippen LogP contribution in [0.25, 0.3) is 11.0 Å². The lowest BCUT2D eigenvalue weighted by Gasteiger charge is -2.25. The highest BCUT2D eigenvalue weighted by atomic mass is 19.1. The van der Waals surface area contributed by atoms with Crippen molar-refractivity contribution in [3.8, 4) is 0 Å². The van der Waals surface area contributed by atoms with Crippen molar-refractivity contribution in [1.29, 1.82) is 0 Å². The maximum absolute atomic E-state index is 13.6. The number of rotatable bonds is 2. The van der Waals surface area contributed by atoms with Crippen molar-refractivity contribution < 1.29 is 8.81 Å². The van der Waals surface area contributed by atoms with Gasteiger partial charge in [0.15, 0.2) is 11.4 Å². The zero-order chi connectivity index (χ0) is 11.9. The largest absolute Gasteiger partial charge is 0.456 e. The highest BCUT2D eigenvalue weighted by Crippen LogP contribution is 2.37. The molecule has 2 aromatic rings. The molecule has 1 saturated heterocycles. The number of para-hydroxylation sites is 1. The van der Waals surface area contributed by atoms with E-state index >= 15 is 0 Å². The topological polar surface area (TPSA) is 25.2 Å². The molecule has 0 spiro atoms. The minimum atomic E-state index is -0.280. The predicted molar refractivity (Wildman–Crippen MR) is 65.4 cm³/mol. The van der Waals surface area contributed by atoms with Crippen molar-refractivity contribution in [3.05, 3.63) is 35.8 Å². The molecule has 2 nitrogen and oxygen atoms in total. The van der Waals surface area contributed by atoms with Crippen LogP contribution >= 0.6 is 0 Å². The Labute approximate surface area is 99.8 Å². The van der Waals surface area contributed by atoms with Crippen LogP contribution < -0.4 is 5.32 Å². The predicted octanol–water partition coefficient (Wildman–Crippen LogP) is 3.56. The maximum atomic E-state index is 13.6. The first kappa shape index (κ1) is 10.8. The van der Waals surface area contributed by atoms with Gasteiger partial charge in [-0.1, -0.05) is 19.1 Å². The number of hydrogen-bond donors (Lipinski definition) is 1. The van der Waals surface area contributed by atoms with Crippen LogP contribution in [0.1, 0.15) is 31.9 Å². The summed E-state index contributed by atoms with van der Waals surface area (Å²) in [6.45, 7) is 3.15. The molecule has 1 aliphatic rings. The minimum absolute atomic E-state index is 0.0918. The van der Waals surface area contributed by atoms with E-state index in [1.165, 1.54) is 6.07 Å². The molecule has 90 valence electrons. The van der Waals surface area contributed by atoms with Crippen LogP contribution in [-0.2, 0) is 5.54 Å². The zero-order valence-corrected chi connectivity index (χ0v) is 9.92. The Kier molecular flexibility index (Phi) is 2.44. The lowest BCUT2D eigenvalue weighted by Crippen LogP contribution is -2.35. The summed E-state index contributed by atoms with van der Waals surface area (Å²) in [6.07, 6.45) is 3.17. The molecule has 1 unspecified atom stereocenters. The van der Waals surface area contributed by atoms with Crippen LogP contribution in [0.3, 0.4) is 0 Å². The van der Waals surface area contributed by atoms with Gasteiger partial charge < -0.3 is 9.73 Å². The number of fused-ring (bicyclic) bond motifs is 1. The van der Waals surface area contributed by atoms with E-state index in [2.05, 4.69) is 12.2 Å². The van der Waals surface area contributed by atoms with Gasteiger partial charge in [-0.3, -0.25) is 0 Å². The first-order chi connectivity index (χ1) is 8.25. The Balaban J connectivity index is 2.14. The van der Waals surface area contributed by atoms with Gasteiger partial charge in [-0.25, -0.2) is 4.39 Å². The Morgan fingerprint density at radius 1 is 1.47 bits per heavy atom. The molecule has 1 atom stereocenters. The molecule has 1 aromatic heterocycles. The van der Waals surface area contributed by atoms with Gasteiger partial charge in [0.25, 0.3) is 0 Å². The standard InChI is InChI=1S/C14H16FNO/c1-2-14(7-4-8-16-14)12-9-10-5-3-6-11(15)13(10)17-12/h3,5-6,9,16H,2,4,7-8H2,1H3. The van der Waals surface area contributed by atoms with Crippen molar-refractivity contribution in [1.82, 2.24) is 5.32 Å². The van der Waals surface area contributed by atoms with Crippen LogP contribution in [0, 0.1) is 5.82 Å². The van der Waals surface area contributed by atoms with Crippen LogP contribution in [0.4, 0.5) is 4.39 Å². The fourth-order valence-corrected chi connectivity index (χ4v) is 2.76. The number of benzene rings is 1. The quantitative estimate of drug-likeness (QED) is 0.858. The number of furan rings is 1. The van der Waals surface area contributed by atoms with Gasteiger partial charge in [-0.05, 0) is 37.9 Å². The second-order valence-electron chi connectivity index (χ2n) is 4.73. The van der Waals surface area contributed by atoms with Crippen molar-refractivity contribution in [2.24, 2.45) is 0 Å². The summed E-state index contributed by atoms with van der Waals surface area (Å²) < 4.78 is 19.3. The first-order valence-electron chi connectivity index (χ1n) is 6.19. The number of nitrogens with one attached hydrogen (secondary N) is 1. The molecule has 1 aliphatic heterocycles. The fraction of sp³-hybridized carbons (Fsp3) is 0.429. The first-order valence-corrected chi connectivity index (χ1v) is 6.19. The van der Waals surface area contributed by atoms with Crippen molar-refractivity contribution in [2.75, 3.05) is 6.54 Å². The lowest BCUT2D eigenvalue weighted by molar-refractivity contribution is 0.304. The van der Waals surface area contributed by atoms with Gasteiger partial charge in [-0.15, -0.1) is 0 Å². The molecule has 0 bridgehead atoms. The van der Waals surface area contributed by atoms with Crippen LogP contribution in [-0.4, -0.2) is 6.54 Å². The van der Waals surface area contributed by atoms with E-state index in [0.29, 0.717) is 5.58 Å². The van der Waals surface area contributed by atoms with E-state index in [0.717, 1.165) is 37.0 Å². The summed E-state index contributed by atoms with van der Waals surface area (Å²) in [5.74, 6) is 0.593. The normalized spacial score (nSPS) is 24.6. The summed E-state index contributed by atoms with van der Waals surface area (Å²) in [5, 5.41) is 4.35. The van der Waals surface area contributed by atoms with E-state index < -0.39 is 0 Å². The molecule has 17 heavy (non-hydrogen) atoms. The Bertz CT molecular complexity index is 540. The number of hydrogen-bond acceptors (Lipinski definition) is 2. The van der Waals surface area contributed by atoms with Crippen LogP contribution in [0.2, 0.25) is 0 Å². The molecule has 0 amide bonds. The van der Waals surface area contributed by atoms with E-state index in [4.69, 9.17) is 4.42 Å². The van der Waals surface area contributed by atoms with Crippen molar-refractivity contribution in [2.45, 2.75) is 31.7 Å². The monoisotopic (exact) mass is 233 g/mol. The molecule has 0 radical (unpaired) electrons. The molecule has 3 rings (SSSR count). The lowest BCUT2D eigenvalue weighted by atomic mass is 9.91. The molecule has 1 aromatic carbocycles.